The molecule has 0 fully saturated rings. The van der Waals surface area contributed by atoms with Crippen molar-refractivity contribution in [3.8, 4) is 23.0 Å². The molecule has 2 aliphatic heterocycles. The smallest absolute Gasteiger partial charge is 0.306 e. The molecule has 1 unspecified atom stereocenters. The number of ether oxygens (including phenoxy) is 4. The summed E-state index contributed by atoms with van der Waals surface area (Å²) in [4.78, 5) is 50.8. The van der Waals surface area contributed by atoms with Gasteiger partial charge in [-0.2, -0.15) is 0 Å². The Morgan fingerprint density at radius 2 is 1.44 bits per heavy atom. The third-order valence-electron chi connectivity index (χ3n) is 8.27. The van der Waals surface area contributed by atoms with Crippen LogP contribution in [0.1, 0.15) is 68.3 Å². The Bertz CT molecular complexity index is 1480. The lowest BCUT2D eigenvalue weighted by molar-refractivity contribution is -0.146. The van der Waals surface area contributed by atoms with E-state index >= 15 is 4.39 Å². The molecule has 2 amide bonds. The van der Waals surface area contributed by atoms with Crippen LogP contribution in [0.15, 0.2) is 18.2 Å². The van der Waals surface area contributed by atoms with Crippen LogP contribution in [0.4, 0.5) is 4.39 Å². The summed E-state index contributed by atoms with van der Waals surface area (Å²) in [6, 6.07) is 4.99. The van der Waals surface area contributed by atoms with Crippen molar-refractivity contribution in [1.82, 2.24) is 9.80 Å². The van der Waals surface area contributed by atoms with E-state index in [1.807, 2.05) is 19.1 Å². The highest BCUT2D eigenvalue weighted by molar-refractivity contribution is 5.83. The Labute approximate surface area is 260 Å². The second kappa shape index (κ2) is 14.0. The van der Waals surface area contributed by atoms with Crippen LogP contribution in [0.25, 0.3) is 0 Å². The maximum absolute atomic E-state index is 15.5. The largest absolute Gasteiger partial charge is 0.493 e. The number of benzene rings is 2. The van der Waals surface area contributed by atoms with E-state index < -0.39 is 29.6 Å². The number of hydrogen-bond donors (Lipinski definition) is 2. The number of aliphatic carboxylic acids is 2. The Balaban J connectivity index is 1.36. The number of nitrogens with zero attached hydrogens (tertiary/aromatic N) is 2. The third kappa shape index (κ3) is 7.23. The van der Waals surface area contributed by atoms with Crippen molar-refractivity contribution in [2.45, 2.75) is 65.7 Å². The minimum Gasteiger partial charge on any atom is -0.493 e. The van der Waals surface area contributed by atoms with Crippen LogP contribution in [0.2, 0.25) is 0 Å². The van der Waals surface area contributed by atoms with Crippen molar-refractivity contribution in [3.05, 3.63) is 46.3 Å². The number of amides is 2. The van der Waals surface area contributed by atoms with E-state index in [9.17, 15) is 24.3 Å². The van der Waals surface area contributed by atoms with Crippen LogP contribution in [-0.4, -0.2) is 71.2 Å². The van der Waals surface area contributed by atoms with Gasteiger partial charge in [0.15, 0.2) is 28.8 Å². The monoisotopic (exact) mass is 630 g/mol. The molecule has 0 aromatic heterocycles. The van der Waals surface area contributed by atoms with Gasteiger partial charge in [-0.1, -0.05) is 13.8 Å². The fraction of sp³-hybridized carbons (Fsp3) is 0.500. The first-order chi connectivity index (χ1) is 21.4. The molecule has 2 aliphatic rings. The number of carbonyl (C=O) groups excluding carboxylic acids is 2. The van der Waals surface area contributed by atoms with Crippen LogP contribution < -0.4 is 18.9 Å². The topological polar surface area (TPSA) is 152 Å². The summed E-state index contributed by atoms with van der Waals surface area (Å²) in [6.45, 7) is 5.64. The van der Waals surface area contributed by atoms with Gasteiger partial charge in [-0.05, 0) is 41.8 Å². The fourth-order valence-corrected chi connectivity index (χ4v) is 5.49. The standard InChI is InChI=1S/C32H39FN2O10/c1-17(31(38)39)9-27(36)34-14-20-12-26(43-5)30(29(33)23(20)16-34)45-8-6-7-44-25-13-22-19(3)35(15-21(22)11-24(25)42-4)28(37)10-18(2)32(40)41/h11-13,17-19H,6-10,14-16H2,1-5H3,(H,38,39)(H,40,41)/t17-,18-,19?/m0/s1. The first-order valence-corrected chi connectivity index (χ1v) is 14.7. The maximum Gasteiger partial charge on any atom is 0.306 e. The zero-order chi connectivity index (χ0) is 33.0. The van der Waals surface area contributed by atoms with Crippen molar-refractivity contribution >= 4 is 23.8 Å². The molecule has 2 N–H and O–H groups in total. The van der Waals surface area contributed by atoms with Crippen LogP contribution >= 0.6 is 0 Å². The quantitative estimate of drug-likeness (QED) is 0.291. The van der Waals surface area contributed by atoms with E-state index in [2.05, 4.69) is 0 Å². The van der Waals surface area contributed by atoms with Gasteiger partial charge in [0.25, 0.3) is 0 Å². The van der Waals surface area contributed by atoms with E-state index in [0.717, 1.165) is 11.1 Å². The lowest BCUT2D eigenvalue weighted by Crippen LogP contribution is -2.30. The number of fused-ring (bicyclic) bond motifs is 2. The normalized spacial score (nSPS) is 16.4. The number of rotatable bonds is 14. The van der Waals surface area contributed by atoms with Crippen molar-refractivity contribution in [1.29, 1.82) is 0 Å². The Morgan fingerprint density at radius 3 is 2.07 bits per heavy atom. The summed E-state index contributed by atoms with van der Waals surface area (Å²) in [7, 11) is 2.91. The number of carboxylic acid groups (broad SMARTS) is 2. The van der Waals surface area contributed by atoms with Crippen LogP contribution in [0.5, 0.6) is 23.0 Å². The van der Waals surface area contributed by atoms with Crippen molar-refractivity contribution in [3.63, 3.8) is 0 Å². The molecular formula is C32H39FN2O10. The van der Waals surface area contributed by atoms with Crippen LogP contribution in [0, 0.1) is 17.7 Å². The molecule has 2 aromatic rings. The van der Waals surface area contributed by atoms with Gasteiger partial charge in [-0.25, -0.2) is 4.39 Å². The number of halogens is 1. The zero-order valence-electron chi connectivity index (χ0n) is 26.1. The summed E-state index contributed by atoms with van der Waals surface area (Å²) in [5, 5.41) is 18.3. The van der Waals surface area contributed by atoms with Gasteiger partial charge in [0.05, 0.1) is 45.3 Å². The lowest BCUT2D eigenvalue weighted by Gasteiger charge is -2.23. The zero-order valence-corrected chi connectivity index (χ0v) is 26.1. The highest BCUT2D eigenvalue weighted by Gasteiger charge is 2.34. The van der Waals surface area contributed by atoms with Gasteiger partial charge in [-0.15, -0.1) is 0 Å². The summed E-state index contributed by atoms with van der Waals surface area (Å²) in [5.74, 6) is -3.89. The molecule has 0 aliphatic carbocycles. The molecule has 2 heterocycles. The molecule has 3 atom stereocenters. The molecule has 45 heavy (non-hydrogen) atoms. The average Bonchev–Trinajstić information content (AvgIpc) is 3.58. The Hall–Kier alpha value is -4.55. The molecular weight excluding hydrogens is 591 g/mol. The fourth-order valence-electron chi connectivity index (χ4n) is 5.49. The minimum atomic E-state index is -1.07. The van der Waals surface area contributed by atoms with Crippen LogP contribution in [0.3, 0.4) is 0 Å². The van der Waals surface area contributed by atoms with Gasteiger partial charge < -0.3 is 39.0 Å². The number of carbonyl (C=O) groups is 4. The molecule has 4 rings (SSSR count). The van der Waals surface area contributed by atoms with Gasteiger partial charge >= 0.3 is 11.9 Å². The third-order valence-corrected chi connectivity index (χ3v) is 8.27. The second-order valence-corrected chi connectivity index (χ2v) is 11.4. The molecule has 244 valence electrons. The number of carboxylic acids is 2. The molecule has 2 aromatic carbocycles. The predicted octanol–water partition coefficient (Wildman–Crippen LogP) is 4.16. The molecule has 0 bridgehead atoms. The summed E-state index contributed by atoms with van der Waals surface area (Å²) in [6.07, 6.45) is 0.110. The van der Waals surface area contributed by atoms with E-state index in [-0.39, 0.29) is 68.5 Å². The predicted molar refractivity (Wildman–Crippen MR) is 158 cm³/mol. The number of methoxy groups -OCH3 is 2. The van der Waals surface area contributed by atoms with Crippen molar-refractivity contribution in [2.24, 2.45) is 11.8 Å². The van der Waals surface area contributed by atoms with E-state index in [1.165, 1.54) is 33.0 Å². The molecule has 13 heteroatoms. The van der Waals surface area contributed by atoms with Gasteiger partial charge in [0.1, 0.15) is 0 Å². The average molecular weight is 631 g/mol. The molecule has 0 radical (unpaired) electrons. The summed E-state index contributed by atoms with van der Waals surface area (Å²) >= 11 is 0. The lowest BCUT2D eigenvalue weighted by atomic mass is 10.0. The second-order valence-electron chi connectivity index (χ2n) is 11.4. The molecule has 0 saturated carbocycles. The SMILES string of the molecule is COc1cc2c(cc1OCCCOc1c(OC)cc3c(c1F)CN(C(=O)C[C@H](C)C(=O)O)C3)C(C)N(C(=O)C[C@H](C)C(=O)O)C2. The van der Waals surface area contributed by atoms with E-state index in [0.29, 0.717) is 35.6 Å². The van der Waals surface area contributed by atoms with E-state index in [4.69, 9.17) is 24.1 Å². The Morgan fingerprint density at radius 1 is 0.844 bits per heavy atom. The summed E-state index contributed by atoms with van der Waals surface area (Å²) in [5.41, 5.74) is 2.65. The van der Waals surface area contributed by atoms with Crippen molar-refractivity contribution < 1.29 is 52.7 Å². The summed E-state index contributed by atoms with van der Waals surface area (Å²) < 4.78 is 38.2. The van der Waals surface area contributed by atoms with Crippen molar-refractivity contribution in [2.75, 3.05) is 27.4 Å². The first-order valence-electron chi connectivity index (χ1n) is 14.7. The van der Waals surface area contributed by atoms with E-state index in [1.54, 1.807) is 11.0 Å². The molecule has 0 saturated heterocycles. The van der Waals surface area contributed by atoms with Gasteiger partial charge in [0.2, 0.25) is 11.8 Å². The highest BCUT2D eigenvalue weighted by Crippen LogP contribution is 2.42. The van der Waals surface area contributed by atoms with Crippen LogP contribution in [-0.2, 0) is 38.8 Å². The first kappa shape index (κ1) is 33.3. The Kier molecular flexibility index (Phi) is 10.4. The van der Waals surface area contributed by atoms with Gasteiger partial charge in [0, 0.05) is 44.5 Å². The number of hydrogen-bond acceptors (Lipinski definition) is 8. The highest BCUT2D eigenvalue weighted by atomic mass is 19.1. The van der Waals surface area contributed by atoms with Gasteiger partial charge in [-0.3, -0.25) is 19.2 Å². The molecule has 12 nitrogen and oxygen atoms in total. The molecule has 0 spiro atoms. The minimum absolute atomic E-state index is 0.00790. The maximum atomic E-state index is 15.5.